The summed E-state index contributed by atoms with van der Waals surface area (Å²) < 4.78 is 7.59. The molecule has 1 saturated heterocycles. The van der Waals surface area contributed by atoms with Crippen LogP contribution in [0.1, 0.15) is 24.1 Å². The average molecular weight is 613 g/mol. The molecule has 1 spiro atoms. The van der Waals surface area contributed by atoms with Crippen LogP contribution < -0.4 is 9.64 Å². The number of aromatic nitrogens is 4. The van der Waals surface area contributed by atoms with Gasteiger partial charge in [0.1, 0.15) is 0 Å². The van der Waals surface area contributed by atoms with E-state index in [1.807, 2.05) is 12.3 Å². The van der Waals surface area contributed by atoms with E-state index >= 15 is 0 Å². The molecule has 0 amide bonds. The average Bonchev–Trinajstić information content (AvgIpc) is 2.64. The van der Waals surface area contributed by atoms with E-state index in [0.717, 1.165) is 51.2 Å². The van der Waals surface area contributed by atoms with Gasteiger partial charge < -0.3 is 0 Å². The predicted molar refractivity (Wildman–Crippen MR) is 107 cm³/mol. The Morgan fingerprint density at radius 1 is 1.25 bits per heavy atom. The van der Waals surface area contributed by atoms with Crippen LogP contribution in [-0.4, -0.2) is 80.7 Å². The summed E-state index contributed by atoms with van der Waals surface area (Å²) in [6, 6.07) is 2.03. The number of anilines is 1. The summed E-state index contributed by atoms with van der Waals surface area (Å²) in [4.78, 5) is 13.4. The van der Waals surface area contributed by atoms with Crippen molar-refractivity contribution in [3.63, 3.8) is 0 Å². The van der Waals surface area contributed by atoms with E-state index in [4.69, 9.17) is 27.9 Å². The summed E-state index contributed by atoms with van der Waals surface area (Å²) in [5, 5.41) is 7.95. The van der Waals surface area contributed by atoms with Crippen LogP contribution in [0.5, 0.6) is 5.75 Å². The Bertz CT molecular complexity index is 902. The number of rotatable bonds is 4. The Kier molecular flexibility index (Phi) is 5.13. The standard InChI is InChI=1S/C18H19Cl2N6O.Pb/c1-25-5-3-13-12(8-25)14(2-4-21-13)27-11-6-18(7-11)9-26(10-18)16-15(19)23-24-17(20)22-16;/h2,4,11H,1,3,5-10H2;. The van der Waals surface area contributed by atoms with Gasteiger partial charge in [0, 0.05) is 0 Å². The maximum Gasteiger partial charge on any atom is -0.196 e. The molecule has 3 aliphatic rings. The molecule has 0 atom stereocenters. The molecule has 28 heavy (non-hydrogen) atoms. The van der Waals surface area contributed by atoms with E-state index in [-0.39, 0.29) is 11.4 Å². The normalized spacial score (nSPS) is 21.2. The maximum atomic E-state index is 6.40. The third-order valence-corrected chi connectivity index (χ3v) is 8.09. The van der Waals surface area contributed by atoms with Crippen molar-refractivity contribution in [1.82, 2.24) is 25.1 Å². The van der Waals surface area contributed by atoms with Crippen molar-refractivity contribution in [1.29, 1.82) is 0 Å². The number of nitrogens with zero attached hydrogens (tertiary/aromatic N) is 6. The van der Waals surface area contributed by atoms with Crippen LogP contribution >= 0.6 is 23.2 Å². The minimum Gasteiger partial charge on any atom is -0.196 e. The third-order valence-electron chi connectivity index (χ3n) is 5.94. The molecule has 7 nitrogen and oxygen atoms in total. The van der Waals surface area contributed by atoms with Crippen LogP contribution in [0, 0.1) is 5.41 Å². The zero-order valence-corrected chi connectivity index (χ0v) is 20.6. The molecule has 4 heterocycles. The van der Waals surface area contributed by atoms with E-state index in [0.29, 0.717) is 16.4 Å². The Morgan fingerprint density at radius 2 is 2.07 bits per heavy atom. The van der Waals surface area contributed by atoms with E-state index in [2.05, 4.69) is 30.0 Å². The van der Waals surface area contributed by atoms with Gasteiger partial charge in [0.2, 0.25) is 5.28 Å². The maximum absolute atomic E-state index is 6.40. The number of hydrogen-bond acceptors (Lipinski definition) is 7. The van der Waals surface area contributed by atoms with Crippen LogP contribution in [0.25, 0.3) is 0 Å². The van der Waals surface area contributed by atoms with Crippen molar-refractivity contribution in [3.8, 4) is 5.75 Å². The summed E-state index contributed by atoms with van der Waals surface area (Å²) in [6.45, 7) is 3.89. The number of ether oxygens (including phenoxy) is 1. The second kappa shape index (κ2) is 7.48. The molecule has 2 aromatic rings. The molecule has 2 aliphatic heterocycles. The molecule has 5 rings (SSSR count). The quantitative estimate of drug-likeness (QED) is 0.490. The van der Waals surface area contributed by atoms with Crippen molar-refractivity contribution in [2.24, 2.45) is 5.41 Å². The van der Waals surface area contributed by atoms with Crippen molar-refractivity contribution in [2.45, 2.75) is 31.9 Å². The van der Waals surface area contributed by atoms with E-state index in [1.54, 1.807) is 0 Å². The van der Waals surface area contributed by atoms with Gasteiger partial charge in [0.25, 0.3) is 0 Å². The van der Waals surface area contributed by atoms with Crippen LogP contribution in [0.3, 0.4) is 0 Å². The third kappa shape index (κ3) is 3.48. The number of halogens is 2. The van der Waals surface area contributed by atoms with Gasteiger partial charge in [-0.1, -0.05) is 11.6 Å². The van der Waals surface area contributed by atoms with Gasteiger partial charge in [0.15, 0.2) is 5.15 Å². The minimum absolute atomic E-state index is 0.126. The summed E-state index contributed by atoms with van der Waals surface area (Å²) >= 11 is 13.2. The molecule has 1 saturated carbocycles. The molecule has 2 aromatic heterocycles. The number of hydrogen-bond donors (Lipinski definition) is 0. The van der Waals surface area contributed by atoms with E-state index < -0.39 is 0 Å². The topological polar surface area (TPSA) is 67.3 Å². The molecule has 0 aromatic carbocycles. The van der Waals surface area contributed by atoms with Crippen molar-refractivity contribution >= 4 is 54.8 Å². The smallest absolute Gasteiger partial charge is 0.196 e. The molecule has 0 bridgehead atoms. The minimum atomic E-state index is 0.126. The monoisotopic (exact) mass is 613 g/mol. The summed E-state index contributed by atoms with van der Waals surface area (Å²) in [5.74, 6) is 1.65. The molecule has 1 aliphatic carbocycles. The fourth-order valence-corrected chi connectivity index (χ4v) is 5.91. The summed E-state index contributed by atoms with van der Waals surface area (Å²) in [6.07, 6.45) is 5.28. The zero-order chi connectivity index (χ0) is 19.3. The summed E-state index contributed by atoms with van der Waals surface area (Å²) in [7, 11) is 0. The second-order valence-corrected chi connectivity index (χ2v) is 9.82. The molecular formula is C18H19Cl2N6OPb. The Morgan fingerprint density at radius 3 is 2.86 bits per heavy atom. The van der Waals surface area contributed by atoms with Crippen molar-refractivity contribution in [3.05, 3.63) is 34.0 Å². The Balaban J connectivity index is 1.21. The molecular weight excluding hydrogens is 594 g/mol. The van der Waals surface area contributed by atoms with Gasteiger partial charge in [-0.15, -0.1) is 10.2 Å². The first-order valence-electron chi connectivity index (χ1n) is 9.36. The molecule has 0 unspecified atom stereocenters. The van der Waals surface area contributed by atoms with E-state index in [1.165, 1.54) is 41.1 Å². The largest absolute Gasteiger partial charge is 0.196 e. The van der Waals surface area contributed by atoms with E-state index in [9.17, 15) is 0 Å². The fraction of sp³-hybridized carbons (Fsp3) is 0.556. The zero-order valence-electron chi connectivity index (χ0n) is 15.2. The van der Waals surface area contributed by atoms with Gasteiger partial charge in [-0.2, -0.15) is 4.98 Å². The summed E-state index contributed by atoms with van der Waals surface area (Å²) in [5.41, 5.74) is 2.78. The first-order valence-corrected chi connectivity index (χ1v) is 12.9. The van der Waals surface area contributed by atoms with Gasteiger partial charge in [-0.25, -0.2) is 0 Å². The Labute approximate surface area is 189 Å². The van der Waals surface area contributed by atoms with Gasteiger partial charge in [-0.3, -0.25) is 0 Å². The van der Waals surface area contributed by atoms with Gasteiger partial charge in [-0.05, 0) is 11.6 Å². The molecule has 0 N–H and O–H groups in total. The number of pyridine rings is 1. The second-order valence-electron chi connectivity index (χ2n) is 7.89. The number of fused-ring (bicyclic) bond motifs is 1. The first kappa shape index (κ1) is 19.2. The van der Waals surface area contributed by atoms with Crippen molar-refractivity contribution in [2.75, 3.05) is 28.6 Å². The van der Waals surface area contributed by atoms with Crippen LogP contribution in [-0.2, 0) is 13.0 Å². The van der Waals surface area contributed by atoms with Crippen molar-refractivity contribution < 1.29 is 4.74 Å². The molecule has 10 heteroatoms. The molecule has 145 valence electrons. The van der Waals surface area contributed by atoms with Crippen LogP contribution in [0.2, 0.25) is 10.4 Å². The molecule has 3 radical (unpaired) electrons. The fourth-order valence-electron chi connectivity index (χ4n) is 4.54. The van der Waals surface area contributed by atoms with Crippen LogP contribution in [0.4, 0.5) is 5.82 Å². The van der Waals surface area contributed by atoms with Gasteiger partial charge >= 0.3 is 141 Å². The first-order chi connectivity index (χ1) is 13.5. The SMILES string of the molecule is Clc1nnc(Cl)c(N2CC3(CC(Oc4ccnc5c4CN([CH2][Pb])CC5)C3)C2)n1. The van der Waals surface area contributed by atoms with Crippen LogP contribution in [0.15, 0.2) is 12.3 Å². The molecule has 2 fully saturated rings. The predicted octanol–water partition coefficient (Wildman–Crippen LogP) is 2.11. The Hall–Kier alpha value is -0.778. The van der Waals surface area contributed by atoms with Gasteiger partial charge in [0.05, 0.1) is 0 Å².